The van der Waals surface area contributed by atoms with Crippen molar-refractivity contribution in [3.8, 4) is 0 Å². The van der Waals surface area contributed by atoms with Gasteiger partial charge in [-0.3, -0.25) is 4.90 Å². The van der Waals surface area contributed by atoms with Crippen LogP contribution in [-0.2, 0) is 0 Å². The van der Waals surface area contributed by atoms with E-state index in [0.29, 0.717) is 6.04 Å². The summed E-state index contributed by atoms with van der Waals surface area (Å²) in [5.41, 5.74) is 2.86. The maximum atomic E-state index is 3.90. The van der Waals surface area contributed by atoms with E-state index in [9.17, 15) is 0 Å². The Bertz CT molecular complexity index is 466. The largest absolute Gasteiger partial charge is 0.372 e. The van der Waals surface area contributed by atoms with E-state index in [0.717, 1.165) is 32.6 Å². The molecule has 2 heterocycles. The van der Waals surface area contributed by atoms with E-state index in [1.165, 1.54) is 43.6 Å². The number of hydrogen-bond acceptors (Lipinski definition) is 3. The van der Waals surface area contributed by atoms with E-state index in [1.54, 1.807) is 0 Å². The van der Waals surface area contributed by atoms with Crippen LogP contribution in [0.2, 0.25) is 0 Å². The standard InChI is InChI=1S/C19H29N3.2ClH/c1-2-3-6-19(22-15-11-20-12-16-22)17-7-9-18(10-8-17)21-13-4-5-14-21;;/h2,7-10,19-20H,1,3-6,11-16H2;2*1H/t19-;;/m0../s1. The normalized spacial score (nSPS) is 19.2. The molecular weight excluding hydrogens is 341 g/mol. The van der Waals surface area contributed by atoms with Gasteiger partial charge in [0.05, 0.1) is 0 Å². The van der Waals surface area contributed by atoms with Crippen molar-refractivity contribution in [1.82, 2.24) is 10.2 Å². The zero-order valence-corrected chi connectivity index (χ0v) is 16.1. The summed E-state index contributed by atoms with van der Waals surface area (Å²) < 4.78 is 0. The van der Waals surface area contributed by atoms with Gasteiger partial charge in [-0.15, -0.1) is 31.4 Å². The zero-order valence-electron chi connectivity index (χ0n) is 14.5. The highest BCUT2D eigenvalue weighted by molar-refractivity contribution is 5.85. The fourth-order valence-electron chi connectivity index (χ4n) is 3.71. The van der Waals surface area contributed by atoms with Crippen molar-refractivity contribution < 1.29 is 0 Å². The smallest absolute Gasteiger partial charge is 0.0366 e. The van der Waals surface area contributed by atoms with Gasteiger partial charge in [-0.05, 0) is 43.4 Å². The van der Waals surface area contributed by atoms with Gasteiger partial charge in [-0.2, -0.15) is 0 Å². The average Bonchev–Trinajstić information content (AvgIpc) is 3.11. The van der Waals surface area contributed by atoms with Crippen molar-refractivity contribution in [1.29, 1.82) is 0 Å². The SMILES string of the molecule is C=CCC[C@@H](c1ccc(N2CCCC2)cc1)N1CCNCC1.Cl.Cl. The summed E-state index contributed by atoms with van der Waals surface area (Å²) in [4.78, 5) is 5.14. The molecule has 2 saturated heterocycles. The van der Waals surface area contributed by atoms with Gasteiger partial charge in [-0.25, -0.2) is 0 Å². The summed E-state index contributed by atoms with van der Waals surface area (Å²) in [5, 5.41) is 3.45. The number of rotatable bonds is 6. The van der Waals surface area contributed by atoms with Gasteiger partial charge in [0.15, 0.2) is 0 Å². The van der Waals surface area contributed by atoms with Crippen molar-refractivity contribution in [3.05, 3.63) is 42.5 Å². The van der Waals surface area contributed by atoms with E-state index in [2.05, 4.69) is 46.0 Å². The molecule has 1 N–H and O–H groups in total. The fraction of sp³-hybridized carbons (Fsp3) is 0.579. The van der Waals surface area contributed by atoms with Crippen molar-refractivity contribution in [2.24, 2.45) is 0 Å². The molecule has 24 heavy (non-hydrogen) atoms. The van der Waals surface area contributed by atoms with Gasteiger partial charge in [0.1, 0.15) is 0 Å². The zero-order chi connectivity index (χ0) is 15.2. The second-order valence-electron chi connectivity index (χ2n) is 6.45. The molecule has 3 nitrogen and oxygen atoms in total. The third-order valence-electron chi connectivity index (χ3n) is 4.99. The van der Waals surface area contributed by atoms with Crippen LogP contribution in [0.15, 0.2) is 36.9 Å². The summed E-state index contributed by atoms with van der Waals surface area (Å²) in [5.74, 6) is 0. The lowest BCUT2D eigenvalue weighted by Gasteiger charge is -2.35. The minimum absolute atomic E-state index is 0. The van der Waals surface area contributed by atoms with Crippen LogP contribution in [-0.4, -0.2) is 44.2 Å². The molecule has 1 aromatic rings. The number of anilines is 1. The van der Waals surface area contributed by atoms with Gasteiger partial charge in [0.25, 0.3) is 0 Å². The van der Waals surface area contributed by atoms with Gasteiger partial charge in [-0.1, -0.05) is 18.2 Å². The first-order valence-electron chi connectivity index (χ1n) is 8.79. The molecule has 2 aliphatic rings. The van der Waals surface area contributed by atoms with Crippen LogP contribution in [0.3, 0.4) is 0 Å². The lowest BCUT2D eigenvalue weighted by atomic mass is 9.99. The maximum absolute atomic E-state index is 3.90. The molecule has 0 unspecified atom stereocenters. The van der Waals surface area contributed by atoms with Crippen molar-refractivity contribution in [2.45, 2.75) is 31.7 Å². The molecule has 0 aromatic heterocycles. The first kappa shape index (κ1) is 21.3. The summed E-state index contributed by atoms with van der Waals surface area (Å²) in [7, 11) is 0. The molecule has 0 bridgehead atoms. The third kappa shape index (κ3) is 5.38. The van der Waals surface area contributed by atoms with E-state index in [4.69, 9.17) is 0 Å². The highest BCUT2D eigenvalue weighted by atomic mass is 35.5. The Labute approximate surface area is 159 Å². The van der Waals surface area contributed by atoms with Crippen LogP contribution < -0.4 is 10.2 Å². The van der Waals surface area contributed by atoms with Crippen molar-refractivity contribution in [3.63, 3.8) is 0 Å². The quantitative estimate of drug-likeness (QED) is 0.761. The molecule has 1 aromatic carbocycles. The highest BCUT2D eigenvalue weighted by Gasteiger charge is 2.22. The molecule has 1 atom stereocenters. The second-order valence-corrected chi connectivity index (χ2v) is 6.45. The van der Waals surface area contributed by atoms with E-state index < -0.39 is 0 Å². The number of allylic oxidation sites excluding steroid dienone is 1. The molecule has 0 saturated carbocycles. The monoisotopic (exact) mass is 371 g/mol. The molecule has 5 heteroatoms. The predicted molar refractivity (Wildman–Crippen MR) is 109 cm³/mol. The summed E-state index contributed by atoms with van der Waals surface area (Å²) >= 11 is 0. The lowest BCUT2D eigenvalue weighted by Crippen LogP contribution is -2.45. The minimum atomic E-state index is 0. The van der Waals surface area contributed by atoms with Crippen LogP contribution in [0.25, 0.3) is 0 Å². The van der Waals surface area contributed by atoms with Gasteiger partial charge >= 0.3 is 0 Å². The second kappa shape index (κ2) is 11.0. The predicted octanol–water partition coefficient (Wildman–Crippen LogP) is 4.04. The number of nitrogens with zero attached hydrogens (tertiary/aromatic N) is 2. The molecule has 2 aliphatic heterocycles. The Morgan fingerprint density at radius 2 is 1.62 bits per heavy atom. The van der Waals surface area contributed by atoms with Crippen LogP contribution in [0.1, 0.15) is 37.3 Å². The number of nitrogens with one attached hydrogen (secondary N) is 1. The van der Waals surface area contributed by atoms with Gasteiger partial charge in [0, 0.05) is 51.0 Å². The summed E-state index contributed by atoms with van der Waals surface area (Å²) in [6.45, 7) is 10.9. The number of hydrogen-bond donors (Lipinski definition) is 1. The molecule has 2 fully saturated rings. The molecule has 3 rings (SSSR count). The topological polar surface area (TPSA) is 18.5 Å². The fourth-order valence-corrected chi connectivity index (χ4v) is 3.71. The Morgan fingerprint density at radius 1 is 1.00 bits per heavy atom. The minimum Gasteiger partial charge on any atom is -0.372 e. The molecule has 0 radical (unpaired) electrons. The third-order valence-corrected chi connectivity index (χ3v) is 4.99. The van der Waals surface area contributed by atoms with E-state index >= 15 is 0 Å². The van der Waals surface area contributed by atoms with Crippen LogP contribution in [0.4, 0.5) is 5.69 Å². The Hall–Kier alpha value is -0.740. The molecule has 0 aliphatic carbocycles. The molecular formula is C19H31Cl2N3. The first-order valence-corrected chi connectivity index (χ1v) is 8.79. The average molecular weight is 372 g/mol. The number of piperazine rings is 1. The van der Waals surface area contributed by atoms with Gasteiger partial charge in [0.2, 0.25) is 0 Å². The lowest BCUT2D eigenvalue weighted by molar-refractivity contribution is 0.166. The highest BCUT2D eigenvalue weighted by Crippen LogP contribution is 2.29. The summed E-state index contributed by atoms with van der Waals surface area (Å²) in [6.07, 6.45) is 6.98. The van der Waals surface area contributed by atoms with E-state index in [1.807, 2.05) is 6.08 Å². The Balaban J connectivity index is 0.00000144. The van der Waals surface area contributed by atoms with Crippen LogP contribution in [0, 0.1) is 0 Å². The molecule has 0 spiro atoms. The first-order chi connectivity index (χ1) is 10.9. The number of halogens is 2. The van der Waals surface area contributed by atoms with E-state index in [-0.39, 0.29) is 24.8 Å². The Morgan fingerprint density at radius 3 is 2.21 bits per heavy atom. The van der Waals surface area contributed by atoms with Crippen LogP contribution in [0.5, 0.6) is 0 Å². The Kier molecular flexibility index (Phi) is 9.75. The van der Waals surface area contributed by atoms with Gasteiger partial charge < -0.3 is 10.2 Å². The van der Waals surface area contributed by atoms with Crippen molar-refractivity contribution >= 4 is 30.5 Å². The number of benzene rings is 1. The van der Waals surface area contributed by atoms with Crippen LogP contribution >= 0.6 is 24.8 Å². The summed E-state index contributed by atoms with van der Waals surface area (Å²) in [6, 6.07) is 9.88. The van der Waals surface area contributed by atoms with Crippen molar-refractivity contribution in [2.75, 3.05) is 44.2 Å². The molecule has 136 valence electrons. The maximum Gasteiger partial charge on any atom is 0.0366 e. The molecule has 0 amide bonds.